The van der Waals surface area contributed by atoms with Gasteiger partial charge in [-0.3, -0.25) is 4.79 Å². The van der Waals surface area contributed by atoms with Gasteiger partial charge in [0.1, 0.15) is 11.4 Å². The van der Waals surface area contributed by atoms with Crippen molar-refractivity contribution >= 4 is 17.7 Å². The largest absolute Gasteiger partial charge is 0.478 e. The number of anilines is 1. The number of hydrogen-bond acceptors (Lipinski definition) is 3. The second-order valence-corrected chi connectivity index (χ2v) is 4.94. The minimum Gasteiger partial charge on any atom is -0.478 e. The molecule has 1 fully saturated rings. The van der Waals surface area contributed by atoms with Gasteiger partial charge in [0.05, 0.1) is 0 Å². The molecule has 0 aromatic carbocycles. The average Bonchev–Trinajstić information content (AvgIpc) is 2.90. The molecule has 5 heteroatoms. The summed E-state index contributed by atoms with van der Waals surface area (Å²) in [6.07, 6.45) is 7.71. The Kier molecular flexibility index (Phi) is 4.49. The summed E-state index contributed by atoms with van der Waals surface area (Å²) in [6, 6.07) is 2.97. The number of pyridine rings is 1. The highest BCUT2D eigenvalue weighted by Gasteiger charge is 2.17. The maximum Gasteiger partial charge on any atom is 0.339 e. The van der Waals surface area contributed by atoms with E-state index in [-0.39, 0.29) is 17.3 Å². The Bertz CT molecular complexity index is 468. The standard InChI is InChI=1S/C14H18N2O3/c17-12(8-7-10-4-1-2-5-10)16-13-11(14(18)19)6-3-9-15-13/h3,6,9-10H,1-2,4-5,7-8H2,(H,18,19)(H,15,16,17). The average molecular weight is 262 g/mol. The number of carbonyl (C=O) groups excluding carboxylic acids is 1. The first-order valence-electron chi connectivity index (χ1n) is 6.65. The van der Waals surface area contributed by atoms with Crippen LogP contribution in [-0.4, -0.2) is 22.0 Å². The predicted molar refractivity (Wildman–Crippen MR) is 71.0 cm³/mol. The molecule has 1 aliphatic carbocycles. The Hall–Kier alpha value is -1.91. The third kappa shape index (κ3) is 3.77. The molecule has 102 valence electrons. The molecule has 0 radical (unpaired) electrons. The van der Waals surface area contributed by atoms with Crippen molar-refractivity contribution in [2.24, 2.45) is 5.92 Å². The summed E-state index contributed by atoms with van der Waals surface area (Å²) >= 11 is 0. The quantitative estimate of drug-likeness (QED) is 0.855. The first-order chi connectivity index (χ1) is 9.16. The summed E-state index contributed by atoms with van der Waals surface area (Å²) in [5.74, 6) is -0.466. The van der Waals surface area contributed by atoms with Crippen LogP contribution in [0.1, 0.15) is 48.9 Å². The van der Waals surface area contributed by atoms with Crippen LogP contribution in [0, 0.1) is 5.92 Å². The number of rotatable bonds is 5. The highest BCUT2D eigenvalue weighted by molar-refractivity contribution is 5.99. The van der Waals surface area contributed by atoms with Crippen LogP contribution in [0.25, 0.3) is 0 Å². The van der Waals surface area contributed by atoms with Crippen molar-refractivity contribution < 1.29 is 14.7 Å². The molecule has 1 aromatic rings. The van der Waals surface area contributed by atoms with Gasteiger partial charge in [-0.05, 0) is 24.5 Å². The van der Waals surface area contributed by atoms with Crippen LogP contribution in [-0.2, 0) is 4.79 Å². The summed E-state index contributed by atoms with van der Waals surface area (Å²) in [4.78, 5) is 26.7. The van der Waals surface area contributed by atoms with Gasteiger partial charge < -0.3 is 10.4 Å². The fourth-order valence-corrected chi connectivity index (χ4v) is 2.51. The summed E-state index contributed by atoms with van der Waals surface area (Å²) in [6.45, 7) is 0. The fraction of sp³-hybridized carbons (Fsp3) is 0.500. The van der Waals surface area contributed by atoms with Crippen LogP contribution in [0.15, 0.2) is 18.3 Å². The molecule has 2 N–H and O–H groups in total. The van der Waals surface area contributed by atoms with E-state index in [1.165, 1.54) is 44.0 Å². The Morgan fingerprint density at radius 1 is 1.37 bits per heavy atom. The molecule has 0 unspecified atom stereocenters. The SMILES string of the molecule is O=C(CCC1CCCC1)Nc1ncccc1C(=O)O. The molecule has 0 bridgehead atoms. The molecular formula is C14H18N2O3. The molecule has 1 heterocycles. The highest BCUT2D eigenvalue weighted by atomic mass is 16.4. The highest BCUT2D eigenvalue weighted by Crippen LogP contribution is 2.28. The molecule has 1 saturated carbocycles. The Morgan fingerprint density at radius 2 is 2.11 bits per heavy atom. The number of aromatic nitrogens is 1. The lowest BCUT2D eigenvalue weighted by atomic mass is 10.0. The molecular weight excluding hydrogens is 244 g/mol. The van der Waals surface area contributed by atoms with Gasteiger partial charge in [0.2, 0.25) is 5.91 Å². The Labute approximate surface area is 112 Å². The van der Waals surface area contributed by atoms with E-state index in [4.69, 9.17) is 5.11 Å². The normalized spacial score (nSPS) is 15.4. The second kappa shape index (κ2) is 6.31. The van der Waals surface area contributed by atoms with Crippen LogP contribution in [0.5, 0.6) is 0 Å². The van der Waals surface area contributed by atoms with E-state index < -0.39 is 5.97 Å². The zero-order chi connectivity index (χ0) is 13.7. The van der Waals surface area contributed by atoms with Gasteiger partial charge in [-0.2, -0.15) is 0 Å². The molecule has 1 amide bonds. The lowest BCUT2D eigenvalue weighted by molar-refractivity contribution is -0.116. The van der Waals surface area contributed by atoms with Crippen LogP contribution in [0.4, 0.5) is 5.82 Å². The summed E-state index contributed by atoms with van der Waals surface area (Å²) < 4.78 is 0. The number of amides is 1. The minimum atomic E-state index is -1.08. The van der Waals surface area contributed by atoms with E-state index in [2.05, 4.69) is 10.3 Å². The summed E-state index contributed by atoms with van der Waals surface area (Å²) in [5, 5.41) is 11.6. The molecule has 19 heavy (non-hydrogen) atoms. The topological polar surface area (TPSA) is 79.3 Å². The molecule has 0 saturated heterocycles. The third-order valence-electron chi connectivity index (χ3n) is 3.55. The van der Waals surface area contributed by atoms with Crippen molar-refractivity contribution in [3.63, 3.8) is 0 Å². The van der Waals surface area contributed by atoms with E-state index in [1.807, 2.05) is 0 Å². The van der Waals surface area contributed by atoms with E-state index in [0.29, 0.717) is 12.3 Å². The van der Waals surface area contributed by atoms with Gasteiger partial charge in [-0.1, -0.05) is 25.7 Å². The van der Waals surface area contributed by atoms with E-state index in [1.54, 1.807) is 0 Å². The minimum absolute atomic E-state index is 0.0247. The third-order valence-corrected chi connectivity index (χ3v) is 3.55. The molecule has 1 aliphatic rings. The summed E-state index contributed by atoms with van der Waals surface area (Å²) in [5.41, 5.74) is 0.0247. The maximum atomic E-state index is 11.8. The van der Waals surface area contributed by atoms with Gasteiger partial charge in [-0.25, -0.2) is 9.78 Å². The lowest BCUT2D eigenvalue weighted by Crippen LogP contribution is -2.16. The zero-order valence-corrected chi connectivity index (χ0v) is 10.8. The van der Waals surface area contributed by atoms with Crippen molar-refractivity contribution in [2.75, 3.05) is 5.32 Å². The first-order valence-corrected chi connectivity index (χ1v) is 6.65. The van der Waals surface area contributed by atoms with E-state index >= 15 is 0 Å². The van der Waals surface area contributed by atoms with Gasteiger partial charge >= 0.3 is 5.97 Å². The van der Waals surface area contributed by atoms with E-state index in [9.17, 15) is 9.59 Å². The first kappa shape index (κ1) is 13.5. The van der Waals surface area contributed by atoms with Crippen LogP contribution < -0.4 is 5.32 Å². The molecule has 0 aliphatic heterocycles. The summed E-state index contributed by atoms with van der Waals surface area (Å²) in [7, 11) is 0. The monoisotopic (exact) mass is 262 g/mol. The van der Waals surface area contributed by atoms with Crippen molar-refractivity contribution in [1.82, 2.24) is 4.98 Å². The van der Waals surface area contributed by atoms with Gasteiger partial charge in [0, 0.05) is 12.6 Å². The molecule has 2 rings (SSSR count). The lowest BCUT2D eigenvalue weighted by Gasteiger charge is -2.09. The van der Waals surface area contributed by atoms with Crippen molar-refractivity contribution in [3.05, 3.63) is 23.9 Å². The van der Waals surface area contributed by atoms with Crippen LogP contribution in [0.3, 0.4) is 0 Å². The van der Waals surface area contributed by atoms with Gasteiger partial charge in [0.25, 0.3) is 0 Å². The number of hydrogen-bond donors (Lipinski definition) is 2. The molecule has 0 spiro atoms. The molecule has 1 aromatic heterocycles. The number of carboxylic acid groups (broad SMARTS) is 1. The van der Waals surface area contributed by atoms with Crippen LogP contribution in [0.2, 0.25) is 0 Å². The van der Waals surface area contributed by atoms with Gasteiger partial charge in [0.15, 0.2) is 0 Å². The number of nitrogens with one attached hydrogen (secondary N) is 1. The van der Waals surface area contributed by atoms with Gasteiger partial charge in [-0.15, -0.1) is 0 Å². The Morgan fingerprint density at radius 3 is 2.79 bits per heavy atom. The van der Waals surface area contributed by atoms with E-state index in [0.717, 1.165) is 6.42 Å². The zero-order valence-electron chi connectivity index (χ0n) is 10.8. The smallest absolute Gasteiger partial charge is 0.339 e. The van der Waals surface area contributed by atoms with Crippen molar-refractivity contribution in [1.29, 1.82) is 0 Å². The van der Waals surface area contributed by atoms with Crippen LogP contribution >= 0.6 is 0 Å². The molecule has 5 nitrogen and oxygen atoms in total. The fourth-order valence-electron chi connectivity index (χ4n) is 2.51. The van der Waals surface area contributed by atoms with Crippen molar-refractivity contribution in [3.8, 4) is 0 Å². The van der Waals surface area contributed by atoms with Crippen molar-refractivity contribution in [2.45, 2.75) is 38.5 Å². The number of carbonyl (C=O) groups is 2. The predicted octanol–water partition coefficient (Wildman–Crippen LogP) is 2.69. The maximum absolute atomic E-state index is 11.8. The number of nitrogens with zero attached hydrogens (tertiary/aromatic N) is 1. The molecule has 0 atom stereocenters. The number of carboxylic acids is 1. The number of aromatic carboxylic acids is 1. The Balaban J connectivity index is 1.89. The second-order valence-electron chi connectivity index (χ2n) is 4.94.